The Hall–Kier alpha value is -2.97. The van der Waals surface area contributed by atoms with Crippen molar-refractivity contribution in [2.45, 2.75) is 26.4 Å². The first-order valence-corrected chi connectivity index (χ1v) is 6.99. The van der Waals surface area contributed by atoms with E-state index in [-0.39, 0.29) is 22.6 Å². The van der Waals surface area contributed by atoms with Gasteiger partial charge in [-0.2, -0.15) is 5.10 Å². The summed E-state index contributed by atoms with van der Waals surface area (Å²) >= 11 is 0. The molecule has 8 nitrogen and oxygen atoms in total. The van der Waals surface area contributed by atoms with Gasteiger partial charge in [-0.3, -0.25) is 15.0 Å². The van der Waals surface area contributed by atoms with Crippen LogP contribution >= 0.6 is 0 Å². The summed E-state index contributed by atoms with van der Waals surface area (Å²) in [7, 11) is 1.43. The van der Waals surface area contributed by atoms with Gasteiger partial charge in [0.25, 0.3) is 0 Å². The van der Waals surface area contributed by atoms with Gasteiger partial charge in [0.2, 0.25) is 0 Å². The molecule has 1 amide bonds. The molecule has 0 atom stereocenters. The Morgan fingerprint density at radius 3 is 2.54 bits per heavy atom. The molecule has 24 heavy (non-hydrogen) atoms. The van der Waals surface area contributed by atoms with Gasteiger partial charge in [0.1, 0.15) is 11.3 Å². The lowest BCUT2D eigenvalue weighted by atomic mass is 10.1. The molecule has 0 fully saturated rings. The van der Waals surface area contributed by atoms with Crippen molar-refractivity contribution in [3.8, 4) is 11.3 Å². The molecule has 0 aliphatic carbocycles. The van der Waals surface area contributed by atoms with Crippen molar-refractivity contribution in [3.63, 3.8) is 0 Å². The number of amides is 1. The molecular formula is C15H17FN4O4. The standard InChI is InChI=1S/C15H17FN4O4/c1-15(2,3)24-14(23)19-8-5-10(16)11(17-6-8)9-7-18-20(4)12(9)13(21)22/h5-7H,1-4H3,(H,19,23)(H,21,22). The fraction of sp³-hybridized carbons (Fsp3) is 0.333. The highest BCUT2D eigenvalue weighted by Gasteiger charge is 2.22. The first-order chi connectivity index (χ1) is 11.1. The van der Waals surface area contributed by atoms with Gasteiger partial charge < -0.3 is 9.84 Å². The quantitative estimate of drug-likeness (QED) is 0.892. The zero-order chi connectivity index (χ0) is 18.1. The number of aromatic carboxylic acids is 1. The summed E-state index contributed by atoms with van der Waals surface area (Å²) in [6.07, 6.45) is 1.68. The Morgan fingerprint density at radius 1 is 1.33 bits per heavy atom. The van der Waals surface area contributed by atoms with Gasteiger partial charge in [-0.05, 0) is 20.8 Å². The number of aryl methyl sites for hydroxylation is 1. The molecule has 0 saturated carbocycles. The van der Waals surface area contributed by atoms with E-state index in [2.05, 4.69) is 15.4 Å². The molecule has 2 N–H and O–H groups in total. The Bertz CT molecular complexity index is 795. The van der Waals surface area contributed by atoms with Crippen molar-refractivity contribution in [2.24, 2.45) is 7.05 Å². The summed E-state index contributed by atoms with van der Waals surface area (Å²) in [6.45, 7) is 5.10. The average Bonchev–Trinajstić information content (AvgIpc) is 2.78. The number of hydrogen-bond acceptors (Lipinski definition) is 5. The third kappa shape index (κ3) is 3.86. The normalized spacial score (nSPS) is 11.2. The molecule has 2 aromatic rings. The molecule has 0 unspecified atom stereocenters. The van der Waals surface area contributed by atoms with E-state index in [1.54, 1.807) is 20.8 Å². The summed E-state index contributed by atoms with van der Waals surface area (Å²) in [6, 6.07) is 1.03. The third-order valence-electron chi connectivity index (χ3n) is 2.88. The maximum Gasteiger partial charge on any atom is 0.412 e. The minimum Gasteiger partial charge on any atom is -0.477 e. The second-order valence-electron chi connectivity index (χ2n) is 6.02. The van der Waals surface area contributed by atoms with Crippen LogP contribution in [0.4, 0.5) is 14.9 Å². The molecule has 0 saturated heterocycles. The highest BCUT2D eigenvalue weighted by molar-refractivity contribution is 5.93. The van der Waals surface area contributed by atoms with E-state index in [0.717, 1.165) is 10.7 Å². The predicted octanol–water partition coefficient (Wildman–Crippen LogP) is 2.67. The van der Waals surface area contributed by atoms with Crippen molar-refractivity contribution >= 4 is 17.7 Å². The largest absolute Gasteiger partial charge is 0.477 e. The Morgan fingerprint density at radius 2 is 2.00 bits per heavy atom. The Kier molecular flexibility index (Phi) is 4.54. The summed E-state index contributed by atoms with van der Waals surface area (Å²) in [4.78, 5) is 26.8. The first kappa shape index (κ1) is 17.4. The van der Waals surface area contributed by atoms with Gasteiger partial charge in [0, 0.05) is 13.1 Å². The number of ether oxygens (including phenoxy) is 1. The number of rotatable bonds is 3. The molecule has 2 aromatic heterocycles. The van der Waals surface area contributed by atoms with Crippen LogP contribution in [-0.2, 0) is 11.8 Å². The monoisotopic (exact) mass is 336 g/mol. The molecular weight excluding hydrogens is 319 g/mol. The minimum atomic E-state index is -1.25. The maximum absolute atomic E-state index is 14.3. The van der Waals surface area contributed by atoms with Crippen LogP contribution in [0, 0.1) is 5.82 Å². The van der Waals surface area contributed by atoms with E-state index in [0.29, 0.717) is 0 Å². The fourth-order valence-corrected chi connectivity index (χ4v) is 1.99. The molecule has 0 aliphatic rings. The van der Waals surface area contributed by atoms with Gasteiger partial charge in [-0.1, -0.05) is 0 Å². The number of nitrogens with one attached hydrogen (secondary N) is 1. The van der Waals surface area contributed by atoms with Gasteiger partial charge in [-0.15, -0.1) is 0 Å². The lowest BCUT2D eigenvalue weighted by molar-refractivity contribution is 0.0633. The zero-order valence-electron chi connectivity index (χ0n) is 13.6. The summed E-state index contributed by atoms with van der Waals surface area (Å²) in [5, 5.41) is 15.4. The van der Waals surface area contributed by atoms with Gasteiger partial charge >= 0.3 is 12.1 Å². The van der Waals surface area contributed by atoms with Crippen LogP contribution in [0.25, 0.3) is 11.3 Å². The number of halogens is 1. The lowest BCUT2D eigenvalue weighted by Crippen LogP contribution is -2.27. The molecule has 2 rings (SSSR count). The Labute approximate surface area is 137 Å². The molecule has 128 valence electrons. The number of carbonyl (C=O) groups excluding carboxylic acids is 1. The number of nitrogens with zero attached hydrogens (tertiary/aromatic N) is 3. The molecule has 9 heteroatoms. The number of hydrogen-bond donors (Lipinski definition) is 2. The maximum atomic E-state index is 14.3. The van der Waals surface area contributed by atoms with E-state index in [1.165, 1.54) is 19.4 Å². The summed E-state index contributed by atoms with van der Waals surface area (Å²) in [5.74, 6) is -2.04. The van der Waals surface area contributed by atoms with Crippen molar-refractivity contribution < 1.29 is 23.8 Å². The van der Waals surface area contributed by atoms with E-state index in [1.807, 2.05) is 0 Å². The van der Waals surface area contributed by atoms with Crippen LogP contribution in [-0.4, -0.2) is 37.5 Å². The third-order valence-corrected chi connectivity index (χ3v) is 2.88. The smallest absolute Gasteiger partial charge is 0.412 e. The van der Waals surface area contributed by atoms with E-state index < -0.39 is 23.5 Å². The molecule has 2 heterocycles. The Balaban J connectivity index is 2.28. The molecule has 0 radical (unpaired) electrons. The minimum absolute atomic E-state index is 0.0475. The van der Waals surface area contributed by atoms with Crippen LogP contribution in [0.5, 0.6) is 0 Å². The second kappa shape index (κ2) is 6.26. The fourth-order valence-electron chi connectivity index (χ4n) is 1.99. The SMILES string of the molecule is Cn1ncc(-c2ncc(NC(=O)OC(C)(C)C)cc2F)c1C(=O)O. The van der Waals surface area contributed by atoms with Crippen molar-refractivity contribution in [1.82, 2.24) is 14.8 Å². The lowest BCUT2D eigenvalue weighted by Gasteiger charge is -2.19. The van der Waals surface area contributed by atoms with E-state index >= 15 is 0 Å². The average molecular weight is 336 g/mol. The molecule has 0 aromatic carbocycles. The zero-order valence-corrected chi connectivity index (χ0v) is 13.6. The van der Waals surface area contributed by atoms with Crippen LogP contribution < -0.4 is 5.32 Å². The number of carboxylic acid groups (broad SMARTS) is 1. The summed E-state index contributed by atoms with van der Waals surface area (Å²) in [5.41, 5.74) is -0.913. The number of carboxylic acids is 1. The number of anilines is 1. The highest BCUT2D eigenvalue weighted by Crippen LogP contribution is 2.26. The van der Waals surface area contributed by atoms with Crippen molar-refractivity contribution in [1.29, 1.82) is 0 Å². The van der Waals surface area contributed by atoms with Crippen LogP contribution in [0.15, 0.2) is 18.5 Å². The van der Waals surface area contributed by atoms with Gasteiger partial charge in [-0.25, -0.2) is 14.0 Å². The van der Waals surface area contributed by atoms with E-state index in [4.69, 9.17) is 4.74 Å². The second-order valence-corrected chi connectivity index (χ2v) is 6.02. The van der Waals surface area contributed by atoms with Crippen LogP contribution in [0.1, 0.15) is 31.3 Å². The van der Waals surface area contributed by atoms with Crippen molar-refractivity contribution in [3.05, 3.63) is 30.0 Å². The number of carbonyl (C=O) groups is 2. The van der Waals surface area contributed by atoms with E-state index in [9.17, 15) is 19.1 Å². The van der Waals surface area contributed by atoms with Crippen LogP contribution in [0.2, 0.25) is 0 Å². The molecule has 0 aliphatic heterocycles. The van der Waals surface area contributed by atoms with Crippen LogP contribution in [0.3, 0.4) is 0 Å². The topological polar surface area (TPSA) is 106 Å². The molecule has 0 bridgehead atoms. The number of aromatic nitrogens is 3. The number of pyridine rings is 1. The van der Waals surface area contributed by atoms with Crippen molar-refractivity contribution in [2.75, 3.05) is 5.32 Å². The molecule has 0 spiro atoms. The first-order valence-electron chi connectivity index (χ1n) is 6.99. The van der Waals surface area contributed by atoms with Gasteiger partial charge in [0.05, 0.1) is 23.6 Å². The summed E-state index contributed by atoms with van der Waals surface area (Å²) < 4.78 is 20.5. The van der Waals surface area contributed by atoms with Gasteiger partial charge in [0.15, 0.2) is 11.5 Å². The highest BCUT2D eigenvalue weighted by atomic mass is 19.1. The predicted molar refractivity (Wildman–Crippen MR) is 83.2 cm³/mol.